The van der Waals surface area contributed by atoms with E-state index in [4.69, 9.17) is 17.3 Å². The second-order valence-electron chi connectivity index (χ2n) is 2.84. The van der Waals surface area contributed by atoms with Crippen LogP contribution in [0.4, 0.5) is 11.4 Å². The molecular formula is C9H11ClN2O. The van der Waals surface area contributed by atoms with Crippen LogP contribution in [0.25, 0.3) is 0 Å². The van der Waals surface area contributed by atoms with Gasteiger partial charge in [0.2, 0.25) is 5.91 Å². The standard InChI is InChI=1S/C9H11ClN2O/c1-5-3-4-7(11)8(10)9(5)12-6(2)13/h3-4H,11H2,1-2H3,(H,12,13). The Morgan fingerprint density at radius 3 is 2.69 bits per heavy atom. The van der Waals surface area contributed by atoms with E-state index in [1.165, 1.54) is 6.92 Å². The van der Waals surface area contributed by atoms with Gasteiger partial charge >= 0.3 is 0 Å². The lowest BCUT2D eigenvalue weighted by Crippen LogP contribution is -2.08. The Morgan fingerprint density at radius 1 is 1.54 bits per heavy atom. The van der Waals surface area contributed by atoms with Crippen LogP contribution in [0.5, 0.6) is 0 Å². The van der Waals surface area contributed by atoms with Gasteiger partial charge in [0.1, 0.15) is 0 Å². The first kappa shape index (κ1) is 9.86. The largest absolute Gasteiger partial charge is 0.397 e. The molecule has 0 saturated carbocycles. The molecule has 3 N–H and O–H groups in total. The summed E-state index contributed by atoms with van der Waals surface area (Å²) in [5.41, 5.74) is 7.54. The molecule has 1 rings (SSSR count). The first-order valence-electron chi connectivity index (χ1n) is 3.84. The van der Waals surface area contributed by atoms with Crippen LogP contribution in [-0.4, -0.2) is 5.91 Å². The molecule has 1 aromatic carbocycles. The molecule has 0 aliphatic rings. The molecule has 1 amide bonds. The molecule has 0 saturated heterocycles. The molecule has 0 heterocycles. The van der Waals surface area contributed by atoms with E-state index in [1.54, 1.807) is 6.07 Å². The van der Waals surface area contributed by atoms with Crippen molar-refractivity contribution in [2.24, 2.45) is 0 Å². The molecule has 4 heteroatoms. The number of nitrogens with two attached hydrogens (primary N) is 1. The Morgan fingerprint density at radius 2 is 2.15 bits per heavy atom. The van der Waals surface area contributed by atoms with Crippen LogP contribution in [0.2, 0.25) is 5.02 Å². The average molecular weight is 199 g/mol. The summed E-state index contributed by atoms with van der Waals surface area (Å²) in [6.07, 6.45) is 0. The zero-order valence-electron chi connectivity index (χ0n) is 7.52. The number of amides is 1. The number of carbonyl (C=O) groups excluding carboxylic acids is 1. The molecule has 0 radical (unpaired) electrons. The molecular weight excluding hydrogens is 188 g/mol. The maximum Gasteiger partial charge on any atom is 0.221 e. The van der Waals surface area contributed by atoms with Gasteiger partial charge in [-0.1, -0.05) is 17.7 Å². The highest BCUT2D eigenvalue weighted by atomic mass is 35.5. The normalized spacial score (nSPS) is 9.77. The monoisotopic (exact) mass is 198 g/mol. The van der Waals surface area contributed by atoms with Gasteiger partial charge in [0.25, 0.3) is 0 Å². The summed E-state index contributed by atoms with van der Waals surface area (Å²) < 4.78 is 0. The van der Waals surface area contributed by atoms with Gasteiger partial charge in [-0.25, -0.2) is 0 Å². The SMILES string of the molecule is CC(=O)Nc1c(C)ccc(N)c1Cl. The fourth-order valence-corrected chi connectivity index (χ4v) is 1.28. The van der Waals surface area contributed by atoms with Crippen molar-refractivity contribution in [2.75, 3.05) is 11.1 Å². The van der Waals surface area contributed by atoms with Crippen molar-refractivity contribution in [3.05, 3.63) is 22.7 Å². The van der Waals surface area contributed by atoms with Crippen LogP contribution in [0, 0.1) is 6.92 Å². The maximum absolute atomic E-state index is 10.8. The molecule has 0 aliphatic carbocycles. The summed E-state index contributed by atoms with van der Waals surface area (Å²) in [6, 6.07) is 3.52. The third-order valence-electron chi connectivity index (χ3n) is 1.68. The van der Waals surface area contributed by atoms with E-state index in [1.807, 2.05) is 13.0 Å². The highest BCUT2D eigenvalue weighted by molar-refractivity contribution is 6.36. The lowest BCUT2D eigenvalue weighted by molar-refractivity contribution is -0.114. The van der Waals surface area contributed by atoms with Crippen LogP contribution in [0.15, 0.2) is 12.1 Å². The molecule has 0 aliphatic heterocycles. The number of aryl methyl sites for hydroxylation is 1. The highest BCUT2D eigenvalue weighted by Crippen LogP contribution is 2.30. The van der Waals surface area contributed by atoms with E-state index in [0.717, 1.165) is 5.56 Å². The van der Waals surface area contributed by atoms with Gasteiger partial charge in [-0.05, 0) is 18.6 Å². The molecule has 1 aromatic rings. The lowest BCUT2D eigenvalue weighted by atomic mass is 10.2. The highest BCUT2D eigenvalue weighted by Gasteiger charge is 2.07. The summed E-state index contributed by atoms with van der Waals surface area (Å²) >= 11 is 5.90. The van der Waals surface area contributed by atoms with Crippen molar-refractivity contribution in [2.45, 2.75) is 13.8 Å². The minimum atomic E-state index is -0.157. The molecule has 0 bridgehead atoms. The van der Waals surface area contributed by atoms with Gasteiger partial charge in [0.05, 0.1) is 16.4 Å². The number of halogens is 1. The molecule has 0 aromatic heterocycles. The van der Waals surface area contributed by atoms with E-state index >= 15 is 0 Å². The first-order valence-corrected chi connectivity index (χ1v) is 4.22. The van der Waals surface area contributed by atoms with Gasteiger partial charge < -0.3 is 11.1 Å². The number of hydrogen-bond acceptors (Lipinski definition) is 2. The number of carbonyl (C=O) groups is 1. The Labute approximate surface area is 81.9 Å². The van der Waals surface area contributed by atoms with Crippen LogP contribution in [0.3, 0.4) is 0 Å². The van der Waals surface area contributed by atoms with Crippen LogP contribution in [0.1, 0.15) is 12.5 Å². The van der Waals surface area contributed by atoms with Crippen LogP contribution < -0.4 is 11.1 Å². The number of anilines is 2. The molecule has 0 unspecified atom stereocenters. The minimum Gasteiger partial charge on any atom is -0.397 e. The number of rotatable bonds is 1. The van der Waals surface area contributed by atoms with Crippen molar-refractivity contribution in [1.29, 1.82) is 0 Å². The maximum atomic E-state index is 10.8. The predicted octanol–water partition coefficient (Wildman–Crippen LogP) is 2.19. The Hall–Kier alpha value is -1.22. The van der Waals surface area contributed by atoms with E-state index in [0.29, 0.717) is 16.4 Å². The fraction of sp³-hybridized carbons (Fsp3) is 0.222. The number of hydrogen-bond donors (Lipinski definition) is 2. The predicted molar refractivity (Wildman–Crippen MR) is 54.9 cm³/mol. The minimum absolute atomic E-state index is 0.157. The molecule has 3 nitrogen and oxygen atoms in total. The van der Waals surface area contributed by atoms with Gasteiger partial charge in [-0.2, -0.15) is 0 Å². The zero-order valence-corrected chi connectivity index (χ0v) is 8.27. The number of nitrogens with one attached hydrogen (secondary N) is 1. The third kappa shape index (κ3) is 2.12. The van der Waals surface area contributed by atoms with Crippen LogP contribution >= 0.6 is 11.6 Å². The second-order valence-corrected chi connectivity index (χ2v) is 3.22. The molecule has 70 valence electrons. The topological polar surface area (TPSA) is 55.1 Å². The zero-order chi connectivity index (χ0) is 10.0. The summed E-state index contributed by atoms with van der Waals surface area (Å²) in [5.74, 6) is -0.157. The number of benzene rings is 1. The summed E-state index contributed by atoms with van der Waals surface area (Å²) in [4.78, 5) is 10.8. The summed E-state index contributed by atoms with van der Waals surface area (Å²) in [6.45, 7) is 3.29. The molecule has 0 fully saturated rings. The summed E-state index contributed by atoms with van der Waals surface area (Å²) in [5, 5.41) is 3.03. The third-order valence-corrected chi connectivity index (χ3v) is 2.09. The van der Waals surface area contributed by atoms with Crippen molar-refractivity contribution >= 4 is 28.9 Å². The molecule has 0 atom stereocenters. The summed E-state index contributed by atoms with van der Waals surface area (Å²) in [7, 11) is 0. The average Bonchev–Trinajstić information content (AvgIpc) is 2.05. The van der Waals surface area contributed by atoms with Crippen LogP contribution in [-0.2, 0) is 4.79 Å². The Balaban J connectivity index is 3.17. The molecule has 13 heavy (non-hydrogen) atoms. The Kier molecular flexibility index (Phi) is 2.78. The van der Waals surface area contributed by atoms with Crippen molar-refractivity contribution in [3.8, 4) is 0 Å². The number of nitrogen functional groups attached to an aromatic ring is 1. The second kappa shape index (κ2) is 3.66. The van der Waals surface area contributed by atoms with E-state index < -0.39 is 0 Å². The van der Waals surface area contributed by atoms with Gasteiger partial charge in [0.15, 0.2) is 0 Å². The fourth-order valence-electron chi connectivity index (χ4n) is 1.02. The van der Waals surface area contributed by atoms with Crippen molar-refractivity contribution < 1.29 is 4.79 Å². The smallest absolute Gasteiger partial charge is 0.221 e. The van der Waals surface area contributed by atoms with E-state index in [2.05, 4.69) is 5.32 Å². The quantitative estimate of drug-likeness (QED) is 0.680. The lowest BCUT2D eigenvalue weighted by Gasteiger charge is -2.10. The van der Waals surface area contributed by atoms with E-state index in [9.17, 15) is 4.79 Å². The van der Waals surface area contributed by atoms with Gasteiger partial charge in [-0.3, -0.25) is 4.79 Å². The van der Waals surface area contributed by atoms with Crippen molar-refractivity contribution in [1.82, 2.24) is 0 Å². The molecule has 0 spiro atoms. The first-order chi connectivity index (χ1) is 6.02. The van der Waals surface area contributed by atoms with Gasteiger partial charge in [0, 0.05) is 6.92 Å². The van der Waals surface area contributed by atoms with Crippen molar-refractivity contribution in [3.63, 3.8) is 0 Å². The Bertz CT molecular complexity index is 350. The van der Waals surface area contributed by atoms with Gasteiger partial charge in [-0.15, -0.1) is 0 Å². The van der Waals surface area contributed by atoms with E-state index in [-0.39, 0.29) is 5.91 Å².